The van der Waals surface area contributed by atoms with E-state index in [0.29, 0.717) is 6.61 Å². The Kier molecular flexibility index (Phi) is 2.96. The van der Waals surface area contributed by atoms with Crippen molar-refractivity contribution < 1.29 is 4.74 Å². The average Bonchev–Trinajstić information content (AvgIpc) is 2.03. The fraction of sp³-hybridized carbons (Fsp3) is 0.400. The molecule has 1 heteroatoms. The van der Waals surface area contributed by atoms with Gasteiger partial charge in [-0.05, 0) is 37.5 Å². The molecule has 0 unspecified atom stereocenters. The molecule has 60 valence electrons. The lowest BCUT2D eigenvalue weighted by atomic mass is 10.2. The normalized spacial score (nSPS) is 15.9. The van der Waals surface area contributed by atoms with Crippen molar-refractivity contribution in [3.8, 4) is 0 Å². The molecule has 0 radical (unpaired) electrons. The van der Waals surface area contributed by atoms with Gasteiger partial charge in [0.2, 0.25) is 0 Å². The van der Waals surface area contributed by atoms with Gasteiger partial charge in [-0.1, -0.05) is 12.7 Å². The third-order valence-electron chi connectivity index (χ3n) is 1.45. The lowest BCUT2D eigenvalue weighted by Gasteiger charge is -2.08. The first-order valence-corrected chi connectivity index (χ1v) is 3.93. The monoisotopic (exact) mass is 150 g/mol. The van der Waals surface area contributed by atoms with Crippen molar-refractivity contribution in [1.82, 2.24) is 0 Å². The van der Waals surface area contributed by atoms with Gasteiger partial charge in [0, 0.05) is 0 Å². The van der Waals surface area contributed by atoms with Crippen molar-refractivity contribution in [3.63, 3.8) is 0 Å². The zero-order valence-corrected chi connectivity index (χ0v) is 6.97. The van der Waals surface area contributed by atoms with E-state index in [2.05, 4.69) is 18.7 Å². The minimum atomic E-state index is 0.635. The Morgan fingerprint density at radius 3 is 3.00 bits per heavy atom. The summed E-state index contributed by atoms with van der Waals surface area (Å²) in [7, 11) is 0. The van der Waals surface area contributed by atoms with Crippen LogP contribution in [-0.2, 0) is 4.74 Å². The summed E-state index contributed by atoms with van der Waals surface area (Å²) in [6.45, 7) is 6.36. The molecule has 0 heterocycles. The lowest BCUT2D eigenvalue weighted by Crippen LogP contribution is -1.95. The Morgan fingerprint density at radius 2 is 2.45 bits per heavy atom. The van der Waals surface area contributed by atoms with Gasteiger partial charge in [-0.25, -0.2) is 0 Å². The van der Waals surface area contributed by atoms with Gasteiger partial charge in [0.15, 0.2) is 0 Å². The number of hydrogen-bond donors (Lipinski definition) is 0. The molecule has 0 aromatic heterocycles. The maximum Gasteiger partial charge on any atom is 0.115 e. The molecule has 0 fully saturated rings. The molecule has 0 saturated carbocycles. The summed E-state index contributed by atoms with van der Waals surface area (Å²) in [5.74, 6) is 0.985. The molecule has 11 heavy (non-hydrogen) atoms. The van der Waals surface area contributed by atoms with Crippen molar-refractivity contribution in [3.05, 3.63) is 36.1 Å². The van der Waals surface area contributed by atoms with Crippen LogP contribution in [0.5, 0.6) is 0 Å². The summed E-state index contributed by atoms with van der Waals surface area (Å²) in [5.41, 5.74) is 1.06. The molecule has 1 nitrogen and oxygen atoms in total. The van der Waals surface area contributed by atoms with Crippen LogP contribution in [0.15, 0.2) is 36.1 Å². The fourth-order valence-electron chi connectivity index (χ4n) is 0.903. The fourth-order valence-corrected chi connectivity index (χ4v) is 0.903. The molecule has 0 amide bonds. The van der Waals surface area contributed by atoms with Gasteiger partial charge in [0.05, 0.1) is 0 Å². The van der Waals surface area contributed by atoms with E-state index < -0.39 is 0 Å². The molecule has 0 saturated heterocycles. The van der Waals surface area contributed by atoms with Gasteiger partial charge in [-0.3, -0.25) is 0 Å². The zero-order chi connectivity index (χ0) is 8.10. The minimum Gasteiger partial charge on any atom is -0.490 e. The second kappa shape index (κ2) is 4.02. The zero-order valence-electron chi connectivity index (χ0n) is 6.97. The molecule has 0 aliphatic heterocycles. The van der Waals surface area contributed by atoms with Crippen LogP contribution in [0, 0.1) is 0 Å². The Morgan fingerprint density at radius 1 is 1.64 bits per heavy atom. The topological polar surface area (TPSA) is 9.23 Å². The highest BCUT2D eigenvalue weighted by Gasteiger charge is 1.96. The lowest BCUT2D eigenvalue weighted by molar-refractivity contribution is 0.251. The molecular weight excluding hydrogens is 136 g/mol. The maximum atomic E-state index is 5.42. The first kappa shape index (κ1) is 8.12. The largest absolute Gasteiger partial charge is 0.490 e. The van der Waals surface area contributed by atoms with E-state index in [4.69, 9.17) is 4.74 Å². The molecule has 0 N–H and O–H groups in total. The van der Waals surface area contributed by atoms with Crippen LogP contribution >= 0.6 is 0 Å². The standard InChI is InChI=1S/C10H14O/c1-9(2)8-11-10-6-4-3-5-7-10/h4,6-7H,1,3,5,8H2,2H3. The van der Waals surface area contributed by atoms with Crippen LogP contribution in [-0.4, -0.2) is 6.61 Å². The number of allylic oxidation sites excluding steroid dienone is 3. The molecule has 1 aliphatic rings. The molecule has 0 spiro atoms. The number of hydrogen-bond acceptors (Lipinski definition) is 1. The second-order valence-electron chi connectivity index (χ2n) is 2.83. The van der Waals surface area contributed by atoms with E-state index in [9.17, 15) is 0 Å². The molecule has 0 aromatic carbocycles. The number of ether oxygens (including phenoxy) is 1. The van der Waals surface area contributed by atoms with Crippen LogP contribution in [0.4, 0.5) is 0 Å². The second-order valence-corrected chi connectivity index (χ2v) is 2.83. The van der Waals surface area contributed by atoms with E-state index in [1.807, 2.05) is 13.0 Å². The highest BCUT2D eigenvalue weighted by Crippen LogP contribution is 2.11. The molecule has 0 bridgehead atoms. The smallest absolute Gasteiger partial charge is 0.115 e. The Balaban J connectivity index is 2.31. The first-order chi connectivity index (χ1) is 5.29. The van der Waals surface area contributed by atoms with E-state index >= 15 is 0 Å². The van der Waals surface area contributed by atoms with Gasteiger partial charge < -0.3 is 4.74 Å². The van der Waals surface area contributed by atoms with Crippen molar-refractivity contribution in [1.29, 1.82) is 0 Å². The first-order valence-electron chi connectivity index (χ1n) is 3.93. The quantitative estimate of drug-likeness (QED) is 0.562. The van der Waals surface area contributed by atoms with E-state index in [0.717, 1.165) is 24.2 Å². The van der Waals surface area contributed by atoms with Crippen LogP contribution in [0.1, 0.15) is 19.8 Å². The van der Waals surface area contributed by atoms with Gasteiger partial charge in [0.1, 0.15) is 12.4 Å². The summed E-state index contributed by atoms with van der Waals surface area (Å²) in [5, 5.41) is 0. The highest BCUT2D eigenvalue weighted by atomic mass is 16.5. The summed E-state index contributed by atoms with van der Waals surface area (Å²) >= 11 is 0. The third kappa shape index (κ3) is 3.08. The molecular formula is C10H14O. The average molecular weight is 150 g/mol. The van der Waals surface area contributed by atoms with Crippen molar-refractivity contribution >= 4 is 0 Å². The van der Waals surface area contributed by atoms with E-state index in [1.54, 1.807) is 0 Å². The SMILES string of the molecule is C=C(C)COC1=CCCC=C1. The molecule has 0 aromatic rings. The van der Waals surface area contributed by atoms with Gasteiger partial charge in [-0.15, -0.1) is 0 Å². The Hall–Kier alpha value is -0.980. The Bertz CT molecular complexity index is 199. The number of rotatable bonds is 3. The van der Waals surface area contributed by atoms with Gasteiger partial charge in [-0.2, -0.15) is 0 Å². The molecule has 1 aliphatic carbocycles. The van der Waals surface area contributed by atoms with Gasteiger partial charge >= 0.3 is 0 Å². The summed E-state index contributed by atoms with van der Waals surface area (Å²) in [6.07, 6.45) is 8.51. The van der Waals surface area contributed by atoms with Crippen LogP contribution in [0.2, 0.25) is 0 Å². The van der Waals surface area contributed by atoms with Crippen LogP contribution in [0.3, 0.4) is 0 Å². The summed E-state index contributed by atoms with van der Waals surface area (Å²) in [4.78, 5) is 0. The molecule has 0 atom stereocenters. The molecule has 1 rings (SSSR count). The third-order valence-corrected chi connectivity index (χ3v) is 1.45. The van der Waals surface area contributed by atoms with Gasteiger partial charge in [0.25, 0.3) is 0 Å². The minimum absolute atomic E-state index is 0.635. The van der Waals surface area contributed by atoms with Crippen LogP contribution in [0.25, 0.3) is 0 Å². The van der Waals surface area contributed by atoms with Crippen molar-refractivity contribution in [2.75, 3.05) is 6.61 Å². The maximum absolute atomic E-state index is 5.42. The van der Waals surface area contributed by atoms with E-state index in [1.165, 1.54) is 0 Å². The summed E-state index contributed by atoms with van der Waals surface area (Å²) < 4.78 is 5.42. The van der Waals surface area contributed by atoms with Crippen molar-refractivity contribution in [2.45, 2.75) is 19.8 Å². The van der Waals surface area contributed by atoms with E-state index in [-0.39, 0.29) is 0 Å². The predicted molar refractivity (Wildman–Crippen MR) is 47.2 cm³/mol. The summed E-state index contributed by atoms with van der Waals surface area (Å²) in [6, 6.07) is 0. The predicted octanol–water partition coefficient (Wildman–Crippen LogP) is 2.81. The Labute approximate surface area is 68.1 Å². The van der Waals surface area contributed by atoms with Crippen molar-refractivity contribution in [2.24, 2.45) is 0 Å². The van der Waals surface area contributed by atoms with Crippen LogP contribution < -0.4 is 0 Å². The highest BCUT2D eigenvalue weighted by molar-refractivity contribution is 5.16.